The minimum Gasteiger partial charge on any atom is -0.478 e. The summed E-state index contributed by atoms with van der Waals surface area (Å²) in [6.07, 6.45) is 3.21. The first kappa shape index (κ1) is 10.5. The Kier molecular flexibility index (Phi) is 3.06. The fourth-order valence-corrected chi connectivity index (χ4v) is 1.48. The summed E-state index contributed by atoms with van der Waals surface area (Å²) in [6.45, 7) is 1.93. The minimum atomic E-state index is -1.16. The Morgan fingerprint density at radius 3 is 2.36 bits per heavy atom. The highest BCUT2D eigenvalue weighted by Gasteiger charge is 2.22. The van der Waals surface area contributed by atoms with Gasteiger partial charge in [-0.15, -0.1) is 0 Å². The Balaban J connectivity index is 3.13. The first-order valence-electron chi connectivity index (χ1n) is 4.45. The minimum absolute atomic E-state index is 0.00898. The third kappa shape index (κ3) is 2.02. The number of rotatable bonds is 3. The maximum absolute atomic E-state index is 10.8. The van der Waals surface area contributed by atoms with Gasteiger partial charge in [0.1, 0.15) is 0 Å². The van der Waals surface area contributed by atoms with E-state index >= 15 is 0 Å². The van der Waals surface area contributed by atoms with Crippen LogP contribution in [0.3, 0.4) is 0 Å². The van der Waals surface area contributed by atoms with Crippen molar-refractivity contribution in [1.82, 2.24) is 0 Å². The van der Waals surface area contributed by atoms with Crippen LogP contribution < -0.4 is 0 Å². The summed E-state index contributed by atoms with van der Waals surface area (Å²) in [5.41, 5.74) is 0.933. The van der Waals surface area contributed by atoms with Gasteiger partial charge in [0.25, 0.3) is 0 Å². The fourth-order valence-electron chi connectivity index (χ4n) is 1.48. The fraction of sp³-hybridized carbons (Fsp3) is 0.400. The molecule has 4 heteroatoms. The lowest BCUT2D eigenvalue weighted by molar-refractivity contribution is -0.135. The molecule has 0 atom stereocenters. The van der Waals surface area contributed by atoms with E-state index in [0.717, 1.165) is 12.0 Å². The van der Waals surface area contributed by atoms with Crippen LogP contribution >= 0.6 is 0 Å². The molecule has 14 heavy (non-hydrogen) atoms. The molecular formula is C10H12O4. The van der Waals surface area contributed by atoms with Gasteiger partial charge in [-0.2, -0.15) is 0 Å². The van der Waals surface area contributed by atoms with Crippen molar-refractivity contribution in [3.8, 4) is 0 Å². The van der Waals surface area contributed by atoms with Gasteiger partial charge in [0.15, 0.2) is 0 Å². The number of hydrogen-bond donors (Lipinski definition) is 2. The average Bonchev–Trinajstić information content (AvgIpc) is 2.16. The van der Waals surface area contributed by atoms with E-state index < -0.39 is 11.9 Å². The van der Waals surface area contributed by atoms with Gasteiger partial charge in [0, 0.05) is 0 Å². The zero-order valence-electron chi connectivity index (χ0n) is 7.91. The Morgan fingerprint density at radius 1 is 1.29 bits per heavy atom. The van der Waals surface area contributed by atoms with Crippen LogP contribution in [0, 0.1) is 0 Å². The van der Waals surface area contributed by atoms with Gasteiger partial charge >= 0.3 is 11.9 Å². The van der Waals surface area contributed by atoms with Crippen molar-refractivity contribution >= 4 is 11.9 Å². The molecule has 0 aromatic rings. The Morgan fingerprint density at radius 2 is 1.93 bits per heavy atom. The van der Waals surface area contributed by atoms with E-state index in [2.05, 4.69) is 0 Å². The normalized spacial score (nSPS) is 16.5. The Hall–Kier alpha value is -1.58. The summed E-state index contributed by atoms with van der Waals surface area (Å²) < 4.78 is 0. The molecular weight excluding hydrogens is 184 g/mol. The summed E-state index contributed by atoms with van der Waals surface area (Å²) in [7, 11) is 0. The molecule has 4 nitrogen and oxygen atoms in total. The van der Waals surface area contributed by atoms with Gasteiger partial charge in [-0.1, -0.05) is 12.5 Å². The molecule has 0 saturated carbocycles. The second-order valence-electron chi connectivity index (χ2n) is 3.16. The van der Waals surface area contributed by atoms with Gasteiger partial charge in [0.2, 0.25) is 0 Å². The van der Waals surface area contributed by atoms with Crippen molar-refractivity contribution in [2.24, 2.45) is 0 Å². The van der Waals surface area contributed by atoms with Crippen molar-refractivity contribution in [3.63, 3.8) is 0 Å². The molecule has 0 heterocycles. The molecule has 0 unspecified atom stereocenters. The zero-order chi connectivity index (χ0) is 10.7. The Bertz CT molecular complexity index is 336. The summed E-state index contributed by atoms with van der Waals surface area (Å²) >= 11 is 0. The molecule has 1 rings (SSSR count). The van der Waals surface area contributed by atoms with Gasteiger partial charge in [0.05, 0.1) is 11.1 Å². The molecule has 2 N–H and O–H groups in total. The lowest BCUT2D eigenvalue weighted by Gasteiger charge is -2.14. The van der Waals surface area contributed by atoms with E-state index in [9.17, 15) is 9.59 Å². The highest BCUT2D eigenvalue weighted by atomic mass is 16.4. The van der Waals surface area contributed by atoms with E-state index in [1.54, 1.807) is 0 Å². The van der Waals surface area contributed by atoms with Crippen LogP contribution in [0.5, 0.6) is 0 Å². The van der Waals surface area contributed by atoms with E-state index in [0.29, 0.717) is 12.8 Å². The van der Waals surface area contributed by atoms with Crippen molar-refractivity contribution < 1.29 is 19.8 Å². The molecule has 0 amide bonds. The smallest absolute Gasteiger partial charge is 0.336 e. The second kappa shape index (κ2) is 4.09. The second-order valence-corrected chi connectivity index (χ2v) is 3.16. The molecule has 0 aromatic carbocycles. The molecule has 1 aliphatic carbocycles. The Labute approximate surface area is 81.6 Å². The summed E-state index contributed by atoms with van der Waals surface area (Å²) in [5, 5.41) is 17.6. The molecule has 0 fully saturated rings. The van der Waals surface area contributed by atoms with Crippen molar-refractivity contribution in [2.75, 3.05) is 0 Å². The number of carboxylic acids is 2. The lowest BCUT2D eigenvalue weighted by Crippen LogP contribution is -2.13. The third-order valence-corrected chi connectivity index (χ3v) is 2.31. The highest BCUT2D eigenvalue weighted by Crippen LogP contribution is 2.25. The van der Waals surface area contributed by atoms with Gasteiger partial charge in [-0.3, -0.25) is 0 Å². The predicted molar refractivity (Wildman–Crippen MR) is 49.9 cm³/mol. The van der Waals surface area contributed by atoms with Crippen molar-refractivity contribution in [2.45, 2.75) is 26.2 Å². The largest absolute Gasteiger partial charge is 0.478 e. The van der Waals surface area contributed by atoms with Crippen molar-refractivity contribution in [1.29, 1.82) is 0 Å². The molecule has 0 aliphatic heterocycles. The van der Waals surface area contributed by atoms with Crippen molar-refractivity contribution in [3.05, 3.63) is 22.8 Å². The van der Waals surface area contributed by atoms with Crippen LogP contribution in [0.2, 0.25) is 0 Å². The van der Waals surface area contributed by atoms with Crippen LogP contribution in [0.15, 0.2) is 22.8 Å². The number of carbonyl (C=O) groups is 2. The number of carboxylic acid groups (broad SMARTS) is 2. The molecule has 0 saturated heterocycles. The number of allylic oxidation sites excluding steroid dienone is 1. The van der Waals surface area contributed by atoms with Crippen LogP contribution in [-0.2, 0) is 9.59 Å². The molecule has 0 spiro atoms. The number of aliphatic carboxylic acids is 2. The molecule has 0 aromatic heterocycles. The topological polar surface area (TPSA) is 74.6 Å². The van der Waals surface area contributed by atoms with E-state index in [1.807, 2.05) is 6.92 Å². The molecule has 1 aliphatic rings. The van der Waals surface area contributed by atoms with Gasteiger partial charge in [-0.05, 0) is 25.3 Å². The SMILES string of the molecule is CCC1=CC(C(=O)O)=C(C(=O)O)CC1. The first-order chi connectivity index (χ1) is 6.56. The first-order valence-corrected chi connectivity index (χ1v) is 4.45. The maximum atomic E-state index is 10.8. The zero-order valence-corrected chi connectivity index (χ0v) is 7.91. The van der Waals surface area contributed by atoms with E-state index in [1.165, 1.54) is 6.08 Å². The number of hydrogen-bond acceptors (Lipinski definition) is 2. The van der Waals surface area contributed by atoms with Crippen LogP contribution in [0.25, 0.3) is 0 Å². The van der Waals surface area contributed by atoms with Crippen LogP contribution in [0.4, 0.5) is 0 Å². The summed E-state index contributed by atoms with van der Waals surface area (Å²) in [4.78, 5) is 21.5. The monoisotopic (exact) mass is 196 g/mol. The molecule has 0 radical (unpaired) electrons. The van der Waals surface area contributed by atoms with E-state index in [4.69, 9.17) is 10.2 Å². The summed E-state index contributed by atoms with van der Waals surface area (Å²) in [6, 6.07) is 0. The molecule has 0 bridgehead atoms. The van der Waals surface area contributed by atoms with Crippen LogP contribution in [0.1, 0.15) is 26.2 Å². The lowest BCUT2D eigenvalue weighted by atomic mass is 9.91. The average molecular weight is 196 g/mol. The van der Waals surface area contributed by atoms with Crippen LogP contribution in [-0.4, -0.2) is 22.2 Å². The standard InChI is InChI=1S/C10H12O4/c1-2-6-3-4-7(9(11)12)8(5-6)10(13)14/h5H,2-4H2,1H3,(H,11,12)(H,13,14). The van der Waals surface area contributed by atoms with E-state index in [-0.39, 0.29) is 11.1 Å². The molecule has 76 valence electrons. The summed E-state index contributed by atoms with van der Waals surface area (Å²) in [5.74, 6) is -2.29. The highest BCUT2D eigenvalue weighted by molar-refractivity contribution is 6.01. The third-order valence-electron chi connectivity index (χ3n) is 2.31. The maximum Gasteiger partial charge on any atom is 0.336 e. The quantitative estimate of drug-likeness (QED) is 0.718. The van der Waals surface area contributed by atoms with Gasteiger partial charge < -0.3 is 10.2 Å². The predicted octanol–water partition coefficient (Wildman–Crippen LogP) is 1.58. The van der Waals surface area contributed by atoms with Gasteiger partial charge in [-0.25, -0.2) is 9.59 Å².